The number of aromatic nitrogens is 1. The van der Waals surface area contributed by atoms with Crippen LogP contribution in [0.5, 0.6) is 0 Å². The van der Waals surface area contributed by atoms with Crippen molar-refractivity contribution in [2.75, 3.05) is 31.1 Å². The second-order valence-electron chi connectivity index (χ2n) is 8.03. The van der Waals surface area contributed by atoms with Gasteiger partial charge in [0.2, 0.25) is 5.91 Å². The third-order valence-electron chi connectivity index (χ3n) is 6.01. The Bertz CT molecular complexity index is 967. The van der Waals surface area contributed by atoms with Crippen molar-refractivity contribution in [3.8, 4) is 17.3 Å². The number of fused-ring (bicyclic) bond motifs is 1. The minimum atomic E-state index is 0.0886. The highest BCUT2D eigenvalue weighted by atomic mass is 16.5. The van der Waals surface area contributed by atoms with Crippen LogP contribution in [0, 0.1) is 11.3 Å². The molecule has 0 aliphatic carbocycles. The normalized spacial score (nSPS) is 18.6. The summed E-state index contributed by atoms with van der Waals surface area (Å²) >= 11 is 0. The van der Waals surface area contributed by atoms with Gasteiger partial charge in [0.25, 0.3) is 0 Å². The Kier molecular flexibility index (Phi) is 6.01. The van der Waals surface area contributed by atoms with Crippen LogP contribution in [0.15, 0.2) is 30.3 Å². The van der Waals surface area contributed by atoms with E-state index in [4.69, 9.17) is 9.72 Å². The van der Waals surface area contributed by atoms with E-state index < -0.39 is 0 Å². The van der Waals surface area contributed by atoms with Crippen LogP contribution in [-0.4, -0.2) is 48.1 Å². The molecule has 4 rings (SSSR count). The standard InChI is InChI=1S/C24H28N4O2/c1-3-7-22(29)28-12-11-27(15-17(28)2)24-20(14-25)19-10-13-30-16-21(19)23(26-24)18-8-5-4-6-9-18/h4-6,8-9,17H,3,7,10-13,15-16H2,1-2H3. The van der Waals surface area contributed by atoms with E-state index in [1.54, 1.807) is 0 Å². The first-order valence-electron chi connectivity index (χ1n) is 10.8. The number of piperazine rings is 1. The van der Waals surface area contributed by atoms with E-state index in [1.165, 1.54) is 0 Å². The van der Waals surface area contributed by atoms with E-state index in [2.05, 4.69) is 30.0 Å². The van der Waals surface area contributed by atoms with Gasteiger partial charge in [-0.3, -0.25) is 4.79 Å². The first-order chi connectivity index (χ1) is 14.6. The molecule has 1 saturated heterocycles. The van der Waals surface area contributed by atoms with Crippen LogP contribution < -0.4 is 4.90 Å². The molecule has 0 bridgehead atoms. The van der Waals surface area contributed by atoms with Gasteiger partial charge in [-0.25, -0.2) is 4.98 Å². The maximum absolute atomic E-state index is 12.4. The Morgan fingerprint density at radius 1 is 1.27 bits per heavy atom. The first-order valence-corrected chi connectivity index (χ1v) is 10.8. The number of rotatable bonds is 4. The van der Waals surface area contributed by atoms with Gasteiger partial charge in [-0.15, -0.1) is 0 Å². The van der Waals surface area contributed by atoms with Crippen molar-refractivity contribution >= 4 is 11.7 Å². The van der Waals surface area contributed by atoms with Crippen LogP contribution in [0.3, 0.4) is 0 Å². The summed E-state index contributed by atoms with van der Waals surface area (Å²) in [5.74, 6) is 0.956. The highest BCUT2D eigenvalue weighted by molar-refractivity contribution is 5.77. The average Bonchev–Trinajstić information content (AvgIpc) is 2.78. The predicted octanol–water partition coefficient (Wildman–Crippen LogP) is 3.53. The van der Waals surface area contributed by atoms with Gasteiger partial charge in [-0.2, -0.15) is 5.26 Å². The Balaban J connectivity index is 1.74. The van der Waals surface area contributed by atoms with Crippen LogP contribution in [0.4, 0.5) is 5.82 Å². The second kappa shape index (κ2) is 8.85. The predicted molar refractivity (Wildman–Crippen MR) is 116 cm³/mol. The number of pyridine rings is 1. The summed E-state index contributed by atoms with van der Waals surface area (Å²) in [6.45, 7) is 7.24. The van der Waals surface area contributed by atoms with Crippen LogP contribution >= 0.6 is 0 Å². The van der Waals surface area contributed by atoms with Gasteiger partial charge < -0.3 is 14.5 Å². The average molecular weight is 405 g/mol. The highest BCUT2D eigenvalue weighted by Gasteiger charge is 2.31. The topological polar surface area (TPSA) is 69.5 Å². The molecule has 0 radical (unpaired) electrons. The maximum atomic E-state index is 12.4. The Morgan fingerprint density at radius 2 is 2.07 bits per heavy atom. The molecule has 30 heavy (non-hydrogen) atoms. The Hall–Kier alpha value is -2.91. The lowest BCUT2D eigenvalue weighted by atomic mass is 9.93. The molecule has 0 saturated carbocycles. The van der Waals surface area contributed by atoms with Gasteiger partial charge in [0.1, 0.15) is 11.9 Å². The highest BCUT2D eigenvalue weighted by Crippen LogP contribution is 2.35. The van der Waals surface area contributed by atoms with Crippen molar-refractivity contribution in [3.63, 3.8) is 0 Å². The van der Waals surface area contributed by atoms with Gasteiger partial charge in [-0.05, 0) is 25.3 Å². The molecule has 1 amide bonds. The zero-order valence-electron chi connectivity index (χ0n) is 17.7. The second-order valence-corrected chi connectivity index (χ2v) is 8.03. The SMILES string of the molecule is CCCC(=O)N1CCN(c2nc(-c3ccccc3)c3c(c2C#N)CCOC3)CC1C. The zero-order chi connectivity index (χ0) is 21.1. The van der Waals surface area contributed by atoms with E-state index in [1.807, 2.05) is 30.0 Å². The zero-order valence-corrected chi connectivity index (χ0v) is 17.7. The van der Waals surface area contributed by atoms with Crippen molar-refractivity contribution < 1.29 is 9.53 Å². The number of carbonyl (C=O) groups is 1. The first kappa shape index (κ1) is 20.4. The van der Waals surface area contributed by atoms with E-state index >= 15 is 0 Å². The molecule has 2 aliphatic heterocycles. The van der Waals surface area contributed by atoms with Crippen LogP contribution in [0.25, 0.3) is 11.3 Å². The van der Waals surface area contributed by atoms with Gasteiger partial charge in [0, 0.05) is 43.2 Å². The number of nitrogens with zero attached hydrogens (tertiary/aromatic N) is 4. The van der Waals surface area contributed by atoms with Gasteiger partial charge in [-0.1, -0.05) is 37.3 Å². The molecule has 3 heterocycles. The van der Waals surface area contributed by atoms with Gasteiger partial charge >= 0.3 is 0 Å². The fourth-order valence-electron chi connectivity index (χ4n) is 4.50. The number of hydrogen-bond acceptors (Lipinski definition) is 5. The lowest BCUT2D eigenvalue weighted by Crippen LogP contribution is -2.54. The smallest absolute Gasteiger partial charge is 0.222 e. The Morgan fingerprint density at radius 3 is 2.77 bits per heavy atom. The molecule has 2 aromatic rings. The molecule has 0 N–H and O–H groups in total. The van der Waals surface area contributed by atoms with Crippen molar-refractivity contribution in [2.45, 2.75) is 45.8 Å². The molecule has 6 nitrogen and oxygen atoms in total. The monoisotopic (exact) mass is 404 g/mol. The number of amides is 1. The molecule has 1 aromatic carbocycles. The van der Waals surface area contributed by atoms with Gasteiger partial charge in [0.15, 0.2) is 0 Å². The van der Waals surface area contributed by atoms with E-state index in [9.17, 15) is 10.1 Å². The fourth-order valence-corrected chi connectivity index (χ4v) is 4.50. The van der Waals surface area contributed by atoms with Crippen molar-refractivity contribution in [1.29, 1.82) is 5.26 Å². The molecular weight excluding hydrogens is 376 g/mol. The maximum Gasteiger partial charge on any atom is 0.222 e. The van der Waals surface area contributed by atoms with Crippen molar-refractivity contribution in [1.82, 2.24) is 9.88 Å². The van der Waals surface area contributed by atoms with Crippen molar-refractivity contribution in [2.24, 2.45) is 0 Å². The summed E-state index contributed by atoms with van der Waals surface area (Å²) in [5, 5.41) is 10.0. The van der Waals surface area contributed by atoms with E-state index in [0.29, 0.717) is 44.8 Å². The Labute approximate surface area is 178 Å². The summed E-state index contributed by atoms with van der Waals surface area (Å²) in [5.41, 5.74) is 4.68. The van der Waals surface area contributed by atoms with Crippen molar-refractivity contribution in [3.05, 3.63) is 47.0 Å². The molecule has 1 fully saturated rings. The summed E-state index contributed by atoms with van der Waals surface area (Å²) < 4.78 is 5.72. The minimum absolute atomic E-state index is 0.0886. The summed E-state index contributed by atoms with van der Waals surface area (Å²) in [6, 6.07) is 12.6. The van der Waals surface area contributed by atoms with Crippen LogP contribution in [0.2, 0.25) is 0 Å². The van der Waals surface area contributed by atoms with Gasteiger partial charge in [0.05, 0.1) is 24.5 Å². The van der Waals surface area contributed by atoms with E-state index in [-0.39, 0.29) is 11.9 Å². The fraction of sp³-hybridized carbons (Fsp3) is 0.458. The molecule has 0 spiro atoms. The molecule has 156 valence electrons. The molecule has 6 heteroatoms. The molecule has 1 unspecified atom stereocenters. The molecule has 1 aromatic heterocycles. The molecule has 2 aliphatic rings. The summed E-state index contributed by atoms with van der Waals surface area (Å²) in [4.78, 5) is 21.6. The minimum Gasteiger partial charge on any atom is -0.376 e. The lowest BCUT2D eigenvalue weighted by molar-refractivity contribution is -0.133. The number of carbonyl (C=O) groups excluding carboxylic acids is 1. The number of anilines is 1. The third kappa shape index (κ3) is 3.78. The number of benzene rings is 1. The third-order valence-corrected chi connectivity index (χ3v) is 6.01. The summed E-state index contributed by atoms with van der Waals surface area (Å²) in [6.07, 6.45) is 2.17. The molecule has 1 atom stereocenters. The largest absolute Gasteiger partial charge is 0.376 e. The van der Waals surface area contributed by atoms with E-state index in [0.717, 1.165) is 41.0 Å². The summed E-state index contributed by atoms with van der Waals surface area (Å²) in [7, 11) is 0. The quantitative estimate of drug-likeness (QED) is 0.780. The number of ether oxygens (including phenoxy) is 1. The number of hydrogen-bond donors (Lipinski definition) is 0. The molecular formula is C24H28N4O2. The van der Waals surface area contributed by atoms with Crippen LogP contribution in [-0.2, 0) is 22.6 Å². The lowest BCUT2D eigenvalue weighted by Gasteiger charge is -2.41. The number of nitriles is 1. The van der Waals surface area contributed by atoms with Crippen LogP contribution in [0.1, 0.15) is 43.4 Å².